The van der Waals surface area contributed by atoms with Gasteiger partial charge in [-0.3, -0.25) is 9.78 Å². The molecule has 1 aliphatic rings. The van der Waals surface area contributed by atoms with E-state index in [1.807, 2.05) is 25.1 Å². The Bertz CT molecular complexity index is 636. The number of hydrogen-bond acceptors (Lipinski definition) is 4. The Morgan fingerprint density at radius 3 is 2.59 bits per heavy atom. The van der Waals surface area contributed by atoms with Crippen molar-refractivity contribution in [1.82, 2.24) is 15.3 Å². The van der Waals surface area contributed by atoms with E-state index in [1.54, 1.807) is 24.5 Å². The van der Waals surface area contributed by atoms with Gasteiger partial charge in [0.1, 0.15) is 5.82 Å². The van der Waals surface area contributed by atoms with Gasteiger partial charge in [-0.25, -0.2) is 4.98 Å². The SMILES string of the molecule is Cc1cccc(N2CCC(NC(=O)c3ccncc3)CC2)n1. The number of rotatable bonds is 3. The molecule has 3 heterocycles. The number of aryl methyl sites for hydroxylation is 1. The number of nitrogens with one attached hydrogen (secondary N) is 1. The van der Waals surface area contributed by atoms with Gasteiger partial charge in [-0.15, -0.1) is 0 Å². The first-order valence-electron chi connectivity index (χ1n) is 7.62. The lowest BCUT2D eigenvalue weighted by atomic mass is 10.0. The summed E-state index contributed by atoms with van der Waals surface area (Å²) in [6.07, 6.45) is 5.15. The molecule has 0 spiro atoms. The monoisotopic (exact) mass is 296 g/mol. The number of hydrogen-bond donors (Lipinski definition) is 1. The van der Waals surface area contributed by atoms with E-state index in [2.05, 4.69) is 20.2 Å². The number of carbonyl (C=O) groups excluding carboxylic acids is 1. The van der Waals surface area contributed by atoms with Gasteiger partial charge in [0.25, 0.3) is 5.91 Å². The average Bonchev–Trinajstić information content (AvgIpc) is 2.56. The van der Waals surface area contributed by atoms with E-state index in [9.17, 15) is 4.79 Å². The van der Waals surface area contributed by atoms with Crippen LogP contribution >= 0.6 is 0 Å². The topological polar surface area (TPSA) is 58.1 Å². The molecule has 22 heavy (non-hydrogen) atoms. The third-order valence-electron chi connectivity index (χ3n) is 3.97. The third kappa shape index (κ3) is 3.42. The Balaban J connectivity index is 1.55. The normalized spacial score (nSPS) is 15.6. The molecule has 3 rings (SSSR count). The van der Waals surface area contributed by atoms with E-state index >= 15 is 0 Å². The van der Waals surface area contributed by atoms with E-state index in [-0.39, 0.29) is 11.9 Å². The predicted molar refractivity (Wildman–Crippen MR) is 85.9 cm³/mol. The summed E-state index contributed by atoms with van der Waals surface area (Å²) >= 11 is 0. The second-order valence-electron chi connectivity index (χ2n) is 5.61. The van der Waals surface area contributed by atoms with Crippen molar-refractivity contribution in [3.05, 3.63) is 54.0 Å². The number of carbonyl (C=O) groups is 1. The van der Waals surface area contributed by atoms with Crippen LogP contribution in [0.5, 0.6) is 0 Å². The first-order chi connectivity index (χ1) is 10.7. The summed E-state index contributed by atoms with van der Waals surface area (Å²) in [5.41, 5.74) is 1.70. The molecular weight excluding hydrogens is 276 g/mol. The molecule has 5 heteroatoms. The Kier molecular flexibility index (Phi) is 4.32. The smallest absolute Gasteiger partial charge is 0.251 e. The molecule has 0 saturated carbocycles. The van der Waals surface area contributed by atoms with Gasteiger partial charge < -0.3 is 10.2 Å². The number of nitrogens with zero attached hydrogens (tertiary/aromatic N) is 3. The zero-order valence-electron chi connectivity index (χ0n) is 12.7. The van der Waals surface area contributed by atoms with Crippen molar-refractivity contribution in [3.8, 4) is 0 Å². The van der Waals surface area contributed by atoms with Gasteiger partial charge >= 0.3 is 0 Å². The summed E-state index contributed by atoms with van der Waals surface area (Å²) in [4.78, 5) is 22.9. The van der Waals surface area contributed by atoms with Crippen molar-refractivity contribution < 1.29 is 4.79 Å². The molecule has 0 aliphatic carbocycles. The lowest BCUT2D eigenvalue weighted by Crippen LogP contribution is -2.45. The van der Waals surface area contributed by atoms with Gasteiger partial charge in [0.05, 0.1) is 0 Å². The van der Waals surface area contributed by atoms with Crippen molar-refractivity contribution in [2.75, 3.05) is 18.0 Å². The Labute approximate surface area is 130 Å². The van der Waals surface area contributed by atoms with Crippen LogP contribution in [0, 0.1) is 6.92 Å². The quantitative estimate of drug-likeness (QED) is 0.943. The minimum Gasteiger partial charge on any atom is -0.356 e. The Hall–Kier alpha value is -2.43. The van der Waals surface area contributed by atoms with Crippen molar-refractivity contribution in [2.45, 2.75) is 25.8 Å². The molecule has 5 nitrogen and oxygen atoms in total. The number of aromatic nitrogens is 2. The van der Waals surface area contributed by atoms with Crippen LogP contribution in [0.2, 0.25) is 0 Å². The second kappa shape index (κ2) is 6.56. The molecule has 114 valence electrons. The molecule has 1 N–H and O–H groups in total. The van der Waals surface area contributed by atoms with Crippen LogP contribution in [-0.2, 0) is 0 Å². The van der Waals surface area contributed by atoms with Crippen LogP contribution in [0.1, 0.15) is 28.9 Å². The summed E-state index contributed by atoms with van der Waals surface area (Å²) < 4.78 is 0. The highest BCUT2D eigenvalue weighted by atomic mass is 16.1. The largest absolute Gasteiger partial charge is 0.356 e. The molecular formula is C17H20N4O. The highest BCUT2D eigenvalue weighted by Gasteiger charge is 2.21. The van der Waals surface area contributed by atoms with Crippen LogP contribution < -0.4 is 10.2 Å². The van der Waals surface area contributed by atoms with Crippen molar-refractivity contribution in [1.29, 1.82) is 0 Å². The predicted octanol–water partition coefficient (Wildman–Crippen LogP) is 2.18. The van der Waals surface area contributed by atoms with Crippen molar-refractivity contribution in [3.63, 3.8) is 0 Å². The van der Waals surface area contributed by atoms with Crippen LogP contribution in [0.25, 0.3) is 0 Å². The number of piperidine rings is 1. The molecule has 1 aliphatic heterocycles. The molecule has 0 unspecified atom stereocenters. The van der Waals surface area contributed by atoms with E-state index < -0.39 is 0 Å². The molecule has 2 aromatic heterocycles. The van der Waals surface area contributed by atoms with Gasteiger partial charge in [0.2, 0.25) is 0 Å². The van der Waals surface area contributed by atoms with Gasteiger partial charge in [-0.1, -0.05) is 6.07 Å². The summed E-state index contributed by atoms with van der Waals surface area (Å²) in [5, 5.41) is 3.10. The minimum atomic E-state index is -0.0190. The van der Waals surface area contributed by atoms with Gasteiger partial charge in [0.15, 0.2) is 0 Å². The highest BCUT2D eigenvalue weighted by molar-refractivity contribution is 5.94. The highest BCUT2D eigenvalue weighted by Crippen LogP contribution is 2.18. The maximum absolute atomic E-state index is 12.1. The van der Waals surface area contributed by atoms with E-state index in [1.165, 1.54) is 0 Å². The van der Waals surface area contributed by atoms with Crippen LogP contribution in [0.4, 0.5) is 5.82 Å². The molecule has 0 bridgehead atoms. The molecule has 2 aromatic rings. The first kappa shape index (κ1) is 14.5. The summed E-state index contributed by atoms with van der Waals surface area (Å²) in [7, 11) is 0. The lowest BCUT2D eigenvalue weighted by Gasteiger charge is -2.33. The molecule has 0 aromatic carbocycles. The maximum Gasteiger partial charge on any atom is 0.251 e. The van der Waals surface area contributed by atoms with E-state index in [0.717, 1.165) is 37.4 Å². The fourth-order valence-corrected chi connectivity index (χ4v) is 2.73. The number of anilines is 1. The first-order valence-corrected chi connectivity index (χ1v) is 7.62. The van der Waals surface area contributed by atoms with Crippen LogP contribution in [0.3, 0.4) is 0 Å². The summed E-state index contributed by atoms with van der Waals surface area (Å²) in [6, 6.07) is 9.78. The molecule has 0 atom stereocenters. The summed E-state index contributed by atoms with van der Waals surface area (Å²) in [5.74, 6) is 1.01. The zero-order valence-corrected chi connectivity index (χ0v) is 12.7. The van der Waals surface area contributed by atoms with E-state index in [4.69, 9.17) is 0 Å². The third-order valence-corrected chi connectivity index (χ3v) is 3.97. The van der Waals surface area contributed by atoms with Gasteiger partial charge in [-0.2, -0.15) is 0 Å². The zero-order chi connectivity index (χ0) is 15.4. The minimum absolute atomic E-state index is 0.0190. The van der Waals surface area contributed by atoms with Gasteiger partial charge in [0, 0.05) is 42.8 Å². The van der Waals surface area contributed by atoms with Crippen molar-refractivity contribution in [2.24, 2.45) is 0 Å². The summed E-state index contributed by atoms with van der Waals surface area (Å²) in [6.45, 7) is 3.83. The fourth-order valence-electron chi connectivity index (χ4n) is 2.73. The van der Waals surface area contributed by atoms with Crippen LogP contribution in [0.15, 0.2) is 42.7 Å². The second-order valence-corrected chi connectivity index (χ2v) is 5.61. The maximum atomic E-state index is 12.1. The average molecular weight is 296 g/mol. The number of pyridine rings is 2. The standard InChI is InChI=1S/C17H20N4O/c1-13-3-2-4-16(19-13)21-11-7-15(8-12-21)20-17(22)14-5-9-18-10-6-14/h2-6,9-10,15H,7-8,11-12H2,1H3,(H,20,22). The Morgan fingerprint density at radius 1 is 1.18 bits per heavy atom. The van der Waals surface area contributed by atoms with Crippen molar-refractivity contribution >= 4 is 11.7 Å². The number of amides is 1. The van der Waals surface area contributed by atoms with Gasteiger partial charge in [-0.05, 0) is 44.0 Å². The van der Waals surface area contributed by atoms with Crippen LogP contribution in [-0.4, -0.2) is 35.0 Å². The molecule has 1 fully saturated rings. The fraction of sp³-hybridized carbons (Fsp3) is 0.353. The molecule has 1 amide bonds. The lowest BCUT2D eigenvalue weighted by molar-refractivity contribution is 0.0931. The van der Waals surface area contributed by atoms with E-state index in [0.29, 0.717) is 5.56 Å². The Morgan fingerprint density at radius 2 is 1.91 bits per heavy atom. The molecule has 0 radical (unpaired) electrons. The molecule has 1 saturated heterocycles.